The number of hydrogen-bond donors (Lipinski definition) is 0. The smallest absolute Gasteiger partial charge is 0.0124 e. The predicted octanol–water partition coefficient (Wildman–Crippen LogP) is 2.13. The minimum absolute atomic E-state index is 0.943. The van der Waals surface area contributed by atoms with Crippen LogP contribution in [0.4, 0.5) is 0 Å². The summed E-state index contributed by atoms with van der Waals surface area (Å²) in [5.41, 5.74) is 0. The third-order valence-corrected chi connectivity index (χ3v) is 3.69. The van der Waals surface area contributed by atoms with E-state index in [1.54, 1.807) is 0 Å². The molecule has 0 spiro atoms. The van der Waals surface area contributed by atoms with Crippen molar-refractivity contribution in [1.29, 1.82) is 0 Å². The Morgan fingerprint density at radius 2 is 2.00 bits per heavy atom. The third-order valence-electron chi connectivity index (χ3n) is 3.69. The van der Waals surface area contributed by atoms with Gasteiger partial charge in [-0.3, -0.25) is 4.90 Å². The average Bonchev–Trinajstić information content (AvgIpc) is 2.30. The summed E-state index contributed by atoms with van der Waals surface area (Å²) in [5.74, 6) is 1.90. The fourth-order valence-corrected chi connectivity index (χ4v) is 2.75. The molecule has 0 N–H and O–H groups in total. The molecule has 0 saturated carbocycles. The van der Waals surface area contributed by atoms with Gasteiger partial charge in [-0.2, -0.15) is 0 Å². The molecule has 2 heterocycles. The Morgan fingerprint density at radius 3 is 2.73 bits per heavy atom. The molecule has 1 heteroatoms. The van der Waals surface area contributed by atoms with Crippen molar-refractivity contribution in [2.75, 3.05) is 13.1 Å². The van der Waals surface area contributed by atoms with Crippen LogP contribution in [0.2, 0.25) is 0 Å². The van der Waals surface area contributed by atoms with E-state index in [9.17, 15) is 0 Å². The summed E-state index contributed by atoms with van der Waals surface area (Å²) in [6.07, 6.45) is 4.37. The molecule has 0 aliphatic carbocycles. The lowest BCUT2D eigenvalue weighted by atomic mass is 9.90. The molecule has 2 aliphatic rings. The van der Waals surface area contributed by atoms with Crippen molar-refractivity contribution in [3.05, 3.63) is 0 Å². The van der Waals surface area contributed by atoms with Crippen molar-refractivity contribution in [2.24, 2.45) is 11.8 Å². The van der Waals surface area contributed by atoms with Gasteiger partial charge in [0.1, 0.15) is 0 Å². The van der Waals surface area contributed by atoms with Gasteiger partial charge in [-0.25, -0.2) is 0 Å². The molecular formula is C10H19N. The third kappa shape index (κ3) is 1.20. The molecule has 11 heavy (non-hydrogen) atoms. The maximum absolute atomic E-state index is 2.71. The van der Waals surface area contributed by atoms with Crippen molar-refractivity contribution >= 4 is 0 Å². The van der Waals surface area contributed by atoms with E-state index in [4.69, 9.17) is 0 Å². The second-order valence-corrected chi connectivity index (χ2v) is 4.39. The lowest BCUT2D eigenvalue weighted by Crippen LogP contribution is -2.36. The molecule has 64 valence electrons. The van der Waals surface area contributed by atoms with Crippen molar-refractivity contribution in [3.63, 3.8) is 0 Å². The van der Waals surface area contributed by atoms with Gasteiger partial charge in [-0.1, -0.05) is 20.3 Å². The first-order valence-electron chi connectivity index (χ1n) is 5.03. The molecule has 2 fully saturated rings. The van der Waals surface area contributed by atoms with Gasteiger partial charge < -0.3 is 0 Å². The lowest BCUT2D eigenvalue weighted by molar-refractivity contribution is 0.177. The molecule has 0 aromatic carbocycles. The topological polar surface area (TPSA) is 3.24 Å². The molecule has 0 amide bonds. The molecule has 0 bridgehead atoms. The van der Waals surface area contributed by atoms with Crippen LogP contribution in [0.15, 0.2) is 0 Å². The van der Waals surface area contributed by atoms with Crippen LogP contribution in [-0.4, -0.2) is 24.0 Å². The van der Waals surface area contributed by atoms with Gasteiger partial charge in [0.15, 0.2) is 0 Å². The summed E-state index contributed by atoms with van der Waals surface area (Å²) in [6.45, 7) is 7.58. The molecule has 0 aromatic rings. The zero-order valence-corrected chi connectivity index (χ0v) is 7.71. The van der Waals surface area contributed by atoms with Crippen LogP contribution in [0.25, 0.3) is 0 Å². The second-order valence-electron chi connectivity index (χ2n) is 4.39. The Morgan fingerprint density at radius 1 is 1.18 bits per heavy atom. The highest BCUT2D eigenvalue weighted by molar-refractivity contribution is 4.90. The summed E-state index contributed by atoms with van der Waals surface area (Å²) in [4.78, 5) is 2.71. The maximum atomic E-state index is 2.71. The van der Waals surface area contributed by atoms with Crippen LogP contribution < -0.4 is 0 Å². The van der Waals surface area contributed by atoms with E-state index < -0.39 is 0 Å². The van der Waals surface area contributed by atoms with Gasteiger partial charge in [-0.15, -0.1) is 0 Å². The average molecular weight is 153 g/mol. The van der Waals surface area contributed by atoms with Gasteiger partial charge in [0.05, 0.1) is 0 Å². The summed E-state index contributed by atoms with van der Waals surface area (Å²) in [5, 5.41) is 0. The Hall–Kier alpha value is -0.0400. The van der Waals surface area contributed by atoms with Gasteiger partial charge >= 0.3 is 0 Å². The van der Waals surface area contributed by atoms with Crippen LogP contribution in [-0.2, 0) is 0 Å². The molecule has 2 aliphatic heterocycles. The van der Waals surface area contributed by atoms with Gasteiger partial charge in [0, 0.05) is 12.6 Å². The number of hydrogen-bond acceptors (Lipinski definition) is 1. The molecule has 3 atom stereocenters. The summed E-state index contributed by atoms with van der Waals surface area (Å²) in [7, 11) is 0. The van der Waals surface area contributed by atoms with E-state index in [1.807, 2.05) is 0 Å². The number of piperidine rings is 1. The van der Waals surface area contributed by atoms with Crippen LogP contribution in [0.3, 0.4) is 0 Å². The predicted molar refractivity (Wildman–Crippen MR) is 47.5 cm³/mol. The molecule has 2 rings (SSSR count). The highest BCUT2D eigenvalue weighted by atomic mass is 15.2. The quantitative estimate of drug-likeness (QED) is 0.515. The first-order valence-corrected chi connectivity index (χ1v) is 5.03. The minimum Gasteiger partial charge on any atom is -0.300 e. The van der Waals surface area contributed by atoms with E-state index in [0.29, 0.717) is 0 Å². The fraction of sp³-hybridized carbons (Fsp3) is 1.00. The van der Waals surface area contributed by atoms with Crippen molar-refractivity contribution < 1.29 is 0 Å². The van der Waals surface area contributed by atoms with E-state index in [1.165, 1.54) is 32.4 Å². The Bertz CT molecular complexity index is 144. The standard InChI is InChI=1S/C10H19N/c1-8-7-11-6-4-3-5-10(11)9(8)2/h8-10H,3-7H2,1-2H3/t8?,9?,10-/m0/s1. The van der Waals surface area contributed by atoms with E-state index in [0.717, 1.165) is 17.9 Å². The SMILES string of the molecule is CC1CN2CCCC[C@H]2C1C. The molecular weight excluding hydrogens is 134 g/mol. The highest BCUT2D eigenvalue weighted by Gasteiger charge is 2.37. The Labute approximate surface area is 69.8 Å². The minimum atomic E-state index is 0.943. The van der Waals surface area contributed by atoms with Gasteiger partial charge in [0.2, 0.25) is 0 Å². The number of nitrogens with zero attached hydrogens (tertiary/aromatic N) is 1. The molecule has 0 radical (unpaired) electrons. The zero-order chi connectivity index (χ0) is 7.84. The second kappa shape index (κ2) is 2.78. The van der Waals surface area contributed by atoms with Gasteiger partial charge in [0.25, 0.3) is 0 Å². The van der Waals surface area contributed by atoms with Gasteiger partial charge in [-0.05, 0) is 31.2 Å². The van der Waals surface area contributed by atoms with Crippen molar-refractivity contribution in [2.45, 2.75) is 39.2 Å². The summed E-state index contributed by atoms with van der Waals surface area (Å²) < 4.78 is 0. The molecule has 1 nitrogen and oxygen atoms in total. The fourth-order valence-electron chi connectivity index (χ4n) is 2.75. The van der Waals surface area contributed by atoms with E-state index in [2.05, 4.69) is 18.7 Å². The summed E-state index contributed by atoms with van der Waals surface area (Å²) >= 11 is 0. The Balaban J connectivity index is 2.05. The lowest BCUT2D eigenvalue weighted by Gasteiger charge is -2.31. The van der Waals surface area contributed by atoms with Crippen LogP contribution in [0.5, 0.6) is 0 Å². The van der Waals surface area contributed by atoms with Crippen LogP contribution >= 0.6 is 0 Å². The van der Waals surface area contributed by atoms with Crippen LogP contribution in [0.1, 0.15) is 33.1 Å². The van der Waals surface area contributed by atoms with E-state index in [-0.39, 0.29) is 0 Å². The zero-order valence-electron chi connectivity index (χ0n) is 7.71. The maximum Gasteiger partial charge on any atom is 0.0124 e. The molecule has 0 aromatic heterocycles. The molecule has 2 saturated heterocycles. The monoisotopic (exact) mass is 153 g/mol. The van der Waals surface area contributed by atoms with Crippen LogP contribution in [0, 0.1) is 11.8 Å². The highest BCUT2D eigenvalue weighted by Crippen LogP contribution is 2.34. The van der Waals surface area contributed by atoms with E-state index >= 15 is 0 Å². The number of rotatable bonds is 0. The van der Waals surface area contributed by atoms with Crippen molar-refractivity contribution in [3.8, 4) is 0 Å². The number of fused-ring (bicyclic) bond motifs is 1. The molecule has 2 unspecified atom stereocenters. The van der Waals surface area contributed by atoms with Crippen molar-refractivity contribution in [1.82, 2.24) is 4.90 Å². The first-order chi connectivity index (χ1) is 5.29. The normalized spacial score (nSPS) is 45.8. The largest absolute Gasteiger partial charge is 0.300 e. The summed E-state index contributed by atoms with van der Waals surface area (Å²) in [6, 6.07) is 0.943. The first kappa shape index (κ1) is 7.60. The Kier molecular flexibility index (Phi) is 1.92.